The minimum atomic E-state index is -5.08. The summed E-state index contributed by atoms with van der Waals surface area (Å²) in [6.45, 7) is 2.22. The number of aromatic nitrogens is 2. The van der Waals surface area contributed by atoms with Crippen molar-refractivity contribution in [2.75, 3.05) is 33.8 Å². The molecule has 0 aliphatic carbocycles. The van der Waals surface area contributed by atoms with Crippen molar-refractivity contribution >= 4 is 23.8 Å². The van der Waals surface area contributed by atoms with E-state index in [4.69, 9.17) is 44.5 Å². The second-order valence-corrected chi connectivity index (χ2v) is 14.4. The van der Waals surface area contributed by atoms with E-state index in [-0.39, 0.29) is 25.4 Å². The number of nitrogens with one attached hydrogen (secondary N) is 1. The van der Waals surface area contributed by atoms with E-state index in [1.807, 2.05) is 0 Å². The van der Waals surface area contributed by atoms with Gasteiger partial charge in [-0.2, -0.15) is 26.3 Å². The first kappa shape index (κ1) is 54.7. The summed E-state index contributed by atoms with van der Waals surface area (Å²) in [7, 11) is 2.94. The first-order chi connectivity index (χ1) is 29.3. The summed E-state index contributed by atoms with van der Waals surface area (Å²) in [4.78, 5) is 73.9. The summed E-state index contributed by atoms with van der Waals surface area (Å²) in [5.74, 6) is -6.89. The number of hydrogen-bond acceptors (Lipinski definition) is 16. The maximum Gasteiger partial charge on any atom is 0.490 e. The fourth-order valence-corrected chi connectivity index (χ4v) is 6.40. The lowest BCUT2D eigenvalue weighted by Gasteiger charge is -2.38. The van der Waals surface area contributed by atoms with Crippen molar-refractivity contribution in [2.45, 2.75) is 132 Å². The normalized spacial score (nSPS) is 27.0. The maximum atomic E-state index is 14.2. The number of alkyl halides is 6. The lowest BCUT2D eigenvalue weighted by atomic mass is 9.97. The fourth-order valence-electron chi connectivity index (χ4n) is 6.40. The number of carbonyl (C=O) groups is 4. The number of carboxylic acid groups (broad SMARTS) is 2. The van der Waals surface area contributed by atoms with Gasteiger partial charge in [-0.25, -0.2) is 19.2 Å². The molecule has 63 heavy (non-hydrogen) atoms. The van der Waals surface area contributed by atoms with Crippen LogP contribution in [-0.4, -0.2) is 175 Å². The zero-order valence-corrected chi connectivity index (χ0v) is 34.2. The second kappa shape index (κ2) is 24.5. The highest BCUT2D eigenvalue weighted by atomic mass is 19.4. The molecule has 27 heteroatoms. The number of carboxylic acids is 2. The van der Waals surface area contributed by atoms with Crippen LogP contribution >= 0.6 is 0 Å². The minimum absolute atomic E-state index is 0.0148. The molecule has 1 amide bonds. The van der Waals surface area contributed by atoms with Gasteiger partial charge >= 0.3 is 36.0 Å². The van der Waals surface area contributed by atoms with Gasteiger partial charge < -0.3 is 60.2 Å². The lowest BCUT2D eigenvalue weighted by molar-refractivity contribution is -0.232. The van der Waals surface area contributed by atoms with Gasteiger partial charge in [0.05, 0.1) is 6.61 Å². The van der Waals surface area contributed by atoms with E-state index < -0.39 is 109 Å². The molecule has 0 unspecified atom stereocenters. The third-order valence-corrected chi connectivity index (χ3v) is 9.80. The Labute approximate surface area is 354 Å². The third kappa shape index (κ3) is 15.6. The number of esters is 1. The molecule has 0 aromatic carbocycles. The number of aliphatic carboxylic acids is 2. The Morgan fingerprint density at radius 1 is 0.857 bits per heavy atom. The average molecular weight is 926 g/mol. The first-order valence-corrected chi connectivity index (χ1v) is 19.4. The number of hydrogen-bond donors (Lipinski definition) is 8. The summed E-state index contributed by atoms with van der Waals surface area (Å²) in [5.41, 5.74) is 4.04. The molecule has 1 aromatic heterocycles. The Morgan fingerprint density at radius 2 is 1.40 bits per heavy atom. The van der Waals surface area contributed by atoms with E-state index in [0.717, 1.165) is 41.0 Å². The molecule has 0 bridgehead atoms. The van der Waals surface area contributed by atoms with E-state index in [0.29, 0.717) is 6.42 Å². The van der Waals surface area contributed by atoms with Gasteiger partial charge in [0.1, 0.15) is 54.5 Å². The summed E-state index contributed by atoms with van der Waals surface area (Å²) in [6.07, 6.45) is -12.7. The number of nitrogens with two attached hydrogens (primary N) is 1. The molecule has 0 saturated carbocycles. The zero-order chi connectivity index (χ0) is 48.0. The van der Waals surface area contributed by atoms with E-state index >= 15 is 0 Å². The van der Waals surface area contributed by atoms with Crippen LogP contribution in [-0.2, 0) is 38.1 Å². The number of ether oxygens (including phenoxy) is 4. The quantitative estimate of drug-likeness (QED) is 0.0592. The van der Waals surface area contributed by atoms with E-state index in [1.54, 1.807) is 7.05 Å². The summed E-state index contributed by atoms with van der Waals surface area (Å²) in [5, 5.41) is 57.7. The smallest absolute Gasteiger partial charge is 0.475 e. The largest absolute Gasteiger partial charge is 0.490 e. The molecule has 9 N–H and O–H groups in total. The van der Waals surface area contributed by atoms with Gasteiger partial charge in [-0.3, -0.25) is 24.0 Å². The highest BCUT2D eigenvalue weighted by Gasteiger charge is 2.55. The molecular formula is C36H53F6N5O16. The van der Waals surface area contributed by atoms with Gasteiger partial charge in [0, 0.05) is 32.4 Å². The van der Waals surface area contributed by atoms with E-state index in [9.17, 15) is 65.9 Å². The standard InChI is InChI=1S/C32H51N5O12.2C2HF3O2/c1-4-5-6-7-8-9-10-11-16-46-30(44)18-12-14-35(2)21(28(43)36(18)3)26(49-31-25(42)22(39)19(17-33)47-31)27-23(40)24(41)29(48-27)37-15-13-20(38)34-32(37)45;2*3-2(4,5)1(6)7/h12-13,15,19,21-27,29,31,39-42H,4-11,14,16-17,33H2,1-3H3,(H,34,38,45);2*(H,6,7)/t19-,21+,22-,23+,24-,25-,26+,27+,29-,31+;;/m1../s1. The van der Waals surface area contributed by atoms with Crippen LogP contribution in [0.15, 0.2) is 33.6 Å². The van der Waals surface area contributed by atoms with E-state index in [2.05, 4.69) is 11.9 Å². The van der Waals surface area contributed by atoms with Crippen LogP contribution in [0.2, 0.25) is 0 Å². The minimum Gasteiger partial charge on any atom is -0.475 e. The van der Waals surface area contributed by atoms with Crippen molar-refractivity contribution < 1.29 is 95.1 Å². The van der Waals surface area contributed by atoms with Crippen molar-refractivity contribution in [1.82, 2.24) is 19.4 Å². The summed E-state index contributed by atoms with van der Waals surface area (Å²) >= 11 is 0. The number of aliphatic hydroxyl groups is 4. The number of nitrogens with zero attached hydrogens (tertiary/aromatic N) is 3. The predicted octanol–water partition coefficient (Wildman–Crippen LogP) is -0.447. The molecule has 4 rings (SSSR count). The Bertz CT molecular complexity index is 1790. The van der Waals surface area contributed by atoms with Gasteiger partial charge in [-0.1, -0.05) is 51.9 Å². The fraction of sp³-hybridized carbons (Fsp3) is 0.722. The van der Waals surface area contributed by atoms with Crippen LogP contribution in [0.25, 0.3) is 0 Å². The Hall–Kier alpha value is -4.48. The monoisotopic (exact) mass is 925 g/mol. The number of carbonyl (C=O) groups excluding carboxylic acids is 2. The van der Waals surface area contributed by atoms with Crippen LogP contribution in [0.4, 0.5) is 26.3 Å². The Balaban J connectivity index is 0.000000838. The van der Waals surface area contributed by atoms with Gasteiger partial charge in [0.15, 0.2) is 12.5 Å². The van der Waals surface area contributed by atoms with Crippen LogP contribution in [0, 0.1) is 0 Å². The van der Waals surface area contributed by atoms with Gasteiger partial charge in [0.25, 0.3) is 5.56 Å². The predicted molar refractivity (Wildman–Crippen MR) is 200 cm³/mol. The SMILES string of the molecule is CCCCCCCCCCOC(=O)C1=CCN(C)[C@@H]([C@H](O[C@@H]2O[C@H](CN)[C@@H](O)[C@H]2O)[C@H]2O[C@@H](n3ccc(=O)[nH]c3=O)[C@H](O)[C@@H]2O)C(=O)N1C.O=C(O)C(F)(F)F.O=C(O)C(F)(F)F. The van der Waals surface area contributed by atoms with Crippen molar-refractivity contribution in [3.8, 4) is 0 Å². The molecule has 4 heterocycles. The number of H-pyrrole nitrogens is 1. The van der Waals surface area contributed by atoms with Crippen LogP contribution in [0.1, 0.15) is 64.5 Å². The topological polar surface area (TPSA) is 314 Å². The highest BCUT2D eigenvalue weighted by molar-refractivity contribution is 5.96. The molecule has 3 aliphatic rings. The molecule has 2 saturated heterocycles. The zero-order valence-electron chi connectivity index (χ0n) is 34.2. The number of amides is 1. The number of aliphatic hydroxyl groups excluding tert-OH is 4. The highest BCUT2D eigenvalue weighted by Crippen LogP contribution is 2.36. The molecule has 1 aromatic rings. The molecule has 0 radical (unpaired) electrons. The van der Waals surface area contributed by atoms with Crippen LogP contribution in [0.5, 0.6) is 0 Å². The van der Waals surface area contributed by atoms with Gasteiger partial charge in [-0.05, 0) is 19.5 Å². The number of likely N-dealkylation sites (N-methyl/N-ethyl adjacent to an activating group) is 2. The average Bonchev–Trinajstić information content (AvgIpc) is 3.60. The van der Waals surface area contributed by atoms with Crippen LogP contribution in [0.3, 0.4) is 0 Å². The number of halogens is 6. The van der Waals surface area contributed by atoms with Crippen molar-refractivity contribution in [2.24, 2.45) is 5.73 Å². The van der Waals surface area contributed by atoms with Gasteiger partial charge in [-0.15, -0.1) is 0 Å². The van der Waals surface area contributed by atoms with Crippen molar-refractivity contribution in [1.29, 1.82) is 0 Å². The molecule has 21 nitrogen and oxygen atoms in total. The number of aromatic amines is 1. The molecule has 0 spiro atoms. The molecule has 2 fully saturated rings. The molecule has 10 atom stereocenters. The Morgan fingerprint density at radius 3 is 1.89 bits per heavy atom. The second-order valence-electron chi connectivity index (χ2n) is 14.4. The third-order valence-electron chi connectivity index (χ3n) is 9.80. The summed E-state index contributed by atoms with van der Waals surface area (Å²) in [6, 6.07) is -0.303. The lowest BCUT2D eigenvalue weighted by Crippen LogP contribution is -2.59. The number of rotatable bonds is 16. The van der Waals surface area contributed by atoms with Crippen LogP contribution < -0.4 is 17.0 Å². The molecule has 3 aliphatic heterocycles. The van der Waals surface area contributed by atoms with E-state index in [1.165, 1.54) is 43.7 Å². The molecular weight excluding hydrogens is 872 g/mol. The van der Waals surface area contributed by atoms with Crippen molar-refractivity contribution in [3.63, 3.8) is 0 Å². The Kier molecular flexibility index (Phi) is 21.3. The maximum absolute atomic E-state index is 14.2. The number of unbranched alkanes of at least 4 members (excludes halogenated alkanes) is 7. The first-order valence-electron chi connectivity index (χ1n) is 19.4. The van der Waals surface area contributed by atoms with Crippen molar-refractivity contribution in [3.05, 3.63) is 44.9 Å². The summed E-state index contributed by atoms with van der Waals surface area (Å²) < 4.78 is 87.6. The van der Waals surface area contributed by atoms with Gasteiger partial charge in [0.2, 0.25) is 5.91 Å². The molecule has 360 valence electrons.